The van der Waals surface area contributed by atoms with Gasteiger partial charge in [0.1, 0.15) is 0 Å². The Kier molecular flexibility index (Phi) is 2.83. The van der Waals surface area contributed by atoms with Crippen molar-refractivity contribution in [2.75, 3.05) is 16.4 Å². The van der Waals surface area contributed by atoms with Crippen molar-refractivity contribution in [3.05, 3.63) is 29.3 Å². The van der Waals surface area contributed by atoms with Crippen LogP contribution in [-0.2, 0) is 9.84 Å². The van der Waals surface area contributed by atoms with Gasteiger partial charge < -0.3 is 10.2 Å². The van der Waals surface area contributed by atoms with E-state index in [4.69, 9.17) is 12.2 Å². The maximum atomic E-state index is 11.8. The SMILES string of the molecule is Cc1ccc(N2C(=S)NC3CS(=O)(=O)CC32)c(C)c1. The van der Waals surface area contributed by atoms with E-state index in [-0.39, 0.29) is 23.6 Å². The van der Waals surface area contributed by atoms with Crippen LogP contribution < -0.4 is 10.2 Å². The Labute approximate surface area is 118 Å². The molecule has 19 heavy (non-hydrogen) atoms. The summed E-state index contributed by atoms with van der Waals surface area (Å²) in [6.07, 6.45) is 0. The van der Waals surface area contributed by atoms with Crippen molar-refractivity contribution in [1.82, 2.24) is 5.32 Å². The second-order valence-corrected chi connectivity index (χ2v) is 7.90. The standard InChI is InChI=1S/C13H16N2O2S2/c1-8-3-4-11(9(2)5-8)15-12-7-19(16,17)6-10(12)14-13(15)18/h3-5,10,12H,6-7H2,1-2H3,(H,14,18). The van der Waals surface area contributed by atoms with Crippen LogP contribution in [-0.4, -0.2) is 37.1 Å². The molecule has 2 saturated heterocycles. The minimum atomic E-state index is -2.95. The monoisotopic (exact) mass is 296 g/mol. The molecule has 4 nitrogen and oxygen atoms in total. The quantitative estimate of drug-likeness (QED) is 0.788. The molecule has 3 rings (SSSR count). The third-order valence-electron chi connectivity index (χ3n) is 3.79. The highest BCUT2D eigenvalue weighted by Gasteiger charge is 2.47. The fourth-order valence-corrected chi connectivity index (χ4v) is 5.24. The fraction of sp³-hybridized carbons (Fsp3) is 0.462. The Morgan fingerprint density at radius 1 is 1.32 bits per heavy atom. The number of aryl methyl sites for hydroxylation is 2. The Hall–Kier alpha value is -1.14. The van der Waals surface area contributed by atoms with E-state index in [1.54, 1.807) is 0 Å². The second-order valence-electron chi connectivity index (χ2n) is 5.36. The van der Waals surface area contributed by atoms with Crippen LogP contribution in [0.5, 0.6) is 0 Å². The average Bonchev–Trinajstić information content (AvgIpc) is 2.70. The van der Waals surface area contributed by atoms with Crippen molar-refractivity contribution in [2.45, 2.75) is 25.9 Å². The molecule has 1 N–H and O–H groups in total. The molecule has 0 aromatic heterocycles. The second kappa shape index (κ2) is 4.18. The number of benzene rings is 1. The maximum Gasteiger partial charge on any atom is 0.174 e. The van der Waals surface area contributed by atoms with Crippen LogP contribution in [0.15, 0.2) is 18.2 Å². The van der Waals surface area contributed by atoms with Crippen molar-refractivity contribution in [3.8, 4) is 0 Å². The van der Waals surface area contributed by atoms with Gasteiger partial charge in [0.05, 0.1) is 23.6 Å². The number of anilines is 1. The molecule has 0 amide bonds. The zero-order valence-electron chi connectivity index (χ0n) is 10.9. The number of nitrogens with zero attached hydrogens (tertiary/aromatic N) is 1. The van der Waals surface area contributed by atoms with Crippen molar-refractivity contribution in [3.63, 3.8) is 0 Å². The first-order chi connectivity index (χ1) is 8.87. The predicted molar refractivity (Wildman–Crippen MR) is 80.4 cm³/mol. The summed E-state index contributed by atoms with van der Waals surface area (Å²) in [5, 5.41) is 3.78. The normalized spacial score (nSPS) is 28.3. The highest BCUT2D eigenvalue weighted by molar-refractivity contribution is 7.91. The van der Waals surface area contributed by atoms with Gasteiger partial charge >= 0.3 is 0 Å². The maximum absolute atomic E-state index is 11.8. The van der Waals surface area contributed by atoms with Gasteiger partial charge in [-0.1, -0.05) is 17.7 Å². The first-order valence-electron chi connectivity index (χ1n) is 6.25. The molecule has 2 atom stereocenters. The summed E-state index contributed by atoms with van der Waals surface area (Å²) in [6.45, 7) is 4.07. The van der Waals surface area contributed by atoms with Crippen LogP contribution in [0, 0.1) is 13.8 Å². The van der Waals surface area contributed by atoms with Crippen LogP contribution in [0.2, 0.25) is 0 Å². The molecular weight excluding hydrogens is 280 g/mol. The first kappa shape index (κ1) is 12.9. The zero-order chi connectivity index (χ0) is 13.8. The number of sulfone groups is 1. The topological polar surface area (TPSA) is 49.4 Å². The summed E-state index contributed by atoms with van der Waals surface area (Å²) in [6, 6.07) is 6.00. The van der Waals surface area contributed by atoms with E-state index in [1.807, 2.05) is 30.9 Å². The van der Waals surface area contributed by atoms with Crippen LogP contribution in [0.4, 0.5) is 5.69 Å². The molecule has 2 aliphatic rings. The number of fused-ring (bicyclic) bond motifs is 1. The highest BCUT2D eigenvalue weighted by Crippen LogP contribution is 2.31. The minimum absolute atomic E-state index is 0.0705. The van der Waals surface area contributed by atoms with E-state index in [1.165, 1.54) is 5.56 Å². The molecule has 1 aromatic rings. The molecule has 0 radical (unpaired) electrons. The molecule has 1 aromatic carbocycles. The number of hydrogen-bond acceptors (Lipinski definition) is 3. The molecule has 0 saturated carbocycles. The van der Waals surface area contributed by atoms with Crippen LogP contribution >= 0.6 is 12.2 Å². The van der Waals surface area contributed by atoms with Crippen molar-refractivity contribution in [1.29, 1.82) is 0 Å². The van der Waals surface area contributed by atoms with Gasteiger partial charge in [-0.25, -0.2) is 8.42 Å². The van der Waals surface area contributed by atoms with Gasteiger partial charge in [-0.15, -0.1) is 0 Å². The average molecular weight is 296 g/mol. The van der Waals surface area contributed by atoms with E-state index in [0.29, 0.717) is 5.11 Å². The van der Waals surface area contributed by atoms with E-state index in [0.717, 1.165) is 11.3 Å². The Morgan fingerprint density at radius 3 is 2.74 bits per heavy atom. The molecule has 6 heteroatoms. The highest BCUT2D eigenvalue weighted by atomic mass is 32.2. The summed E-state index contributed by atoms with van der Waals surface area (Å²) < 4.78 is 23.5. The molecular formula is C13H16N2O2S2. The summed E-state index contributed by atoms with van der Waals surface area (Å²) >= 11 is 5.36. The molecule has 0 bridgehead atoms. The zero-order valence-corrected chi connectivity index (χ0v) is 12.5. The Bertz CT molecular complexity index is 655. The Balaban J connectivity index is 2.02. The number of hydrogen-bond donors (Lipinski definition) is 1. The smallest absolute Gasteiger partial charge is 0.174 e. The third-order valence-corrected chi connectivity index (χ3v) is 5.82. The molecule has 2 unspecified atom stereocenters. The molecule has 2 aliphatic heterocycles. The van der Waals surface area contributed by atoms with Gasteiger partial charge in [-0.2, -0.15) is 0 Å². The fourth-order valence-electron chi connectivity index (χ4n) is 2.96. The van der Waals surface area contributed by atoms with Gasteiger partial charge in [0, 0.05) is 5.69 Å². The number of thiocarbonyl (C=S) groups is 1. The molecule has 102 valence electrons. The first-order valence-corrected chi connectivity index (χ1v) is 8.48. The van der Waals surface area contributed by atoms with Gasteiger partial charge in [0.25, 0.3) is 0 Å². The summed E-state index contributed by atoms with van der Waals surface area (Å²) in [5.41, 5.74) is 3.32. The van der Waals surface area contributed by atoms with Crippen molar-refractivity contribution < 1.29 is 8.42 Å². The summed E-state index contributed by atoms with van der Waals surface area (Å²) in [7, 11) is -2.95. The minimum Gasteiger partial charge on any atom is -0.356 e. The molecule has 0 spiro atoms. The molecule has 2 heterocycles. The molecule has 0 aliphatic carbocycles. The van der Waals surface area contributed by atoms with Crippen LogP contribution in [0.25, 0.3) is 0 Å². The van der Waals surface area contributed by atoms with Gasteiger partial charge in [0.2, 0.25) is 0 Å². The van der Waals surface area contributed by atoms with Gasteiger partial charge in [-0.3, -0.25) is 0 Å². The van der Waals surface area contributed by atoms with Crippen LogP contribution in [0.1, 0.15) is 11.1 Å². The third kappa shape index (κ3) is 2.12. The summed E-state index contributed by atoms with van der Waals surface area (Å²) in [4.78, 5) is 1.97. The van der Waals surface area contributed by atoms with E-state index in [9.17, 15) is 8.42 Å². The number of rotatable bonds is 1. The van der Waals surface area contributed by atoms with Gasteiger partial charge in [0.15, 0.2) is 14.9 Å². The lowest BCUT2D eigenvalue weighted by molar-refractivity contribution is 0.600. The predicted octanol–water partition coefficient (Wildman–Crippen LogP) is 1.16. The van der Waals surface area contributed by atoms with E-state index >= 15 is 0 Å². The van der Waals surface area contributed by atoms with Gasteiger partial charge in [-0.05, 0) is 37.7 Å². The lowest BCUT2D eigenvalue weighted by Gasteiger charge is -2.25. The lowest BCUT2D eigenvalue weighted by atomic mass is 10.1. The lowest BCUT2D eigenvalue weighted by Crippen LogP contribution is -2.37. The van der Waals surface area contributed by atoms with Crippen molar-refractivity contribution in [2.24, 2.45) is 0 Å². The van der Waals surface area contributed by atoms with E-state index < -0.39 is 9.84 Å². The number of nitrogens with one attached hydrogen (secondary N) is 1. The van der Waals surface area contributed by atoms with Crippen LogP contribution in [0.3, 0.4) is 0 Å². The van der Waals surface area contributed by atoms with Crippen molar-refractivity contribution >= 4 is 32.9 Å². The molecule has 2 fully saturated rings. The van der Waals surface area contributed by atoms with E-state index in [2.05, 4.69) is 11.4 Å². The Morgan fingerprint density at radius 2 is 2.05 bits per heavy atom. The summed E-state index contributed by atoms with van der Waals surface area (Å²) in [5.74, 6) is 0.358. The largest absolute Gasteiger partial charge is 0.356 e.